The van der Waals surface area contributed by atoms with Crippen molar-refractivity contribution in [2.45, 2.75) is 55.3 Å². The summed E-state index contributed by atoms with van der Waals surface area (Å²) in [6.45, 7) is 0. The Bertz CT molecular complexity index is 825. The van der Waals surface area contributed by atoms with Crippen LogP contribution in [0, 0.1) is 0 Å². The molecule has 0 atom stereocenters. The topological polar surface area (TPSA) is 419 Å². The Balaban J connectivity index is -0.0000000864. The molecule has 0 unspecified atom stereocenters. The van der Waals surface area contributed by atoms with E-state index in [0.29, 0.717) is 0 Å². The summed E-state index contributed by atoms with van der Waals surface area (Å²) in [6.07, 6.45) is -8.02. The van der Waals surface area contributed by atoms with E-state index < -0.39 is 109 Å². The van der Waals surface area contributed by atoms with Crippen molar-refractivity contribution in [3.8, 4) is 0 Å². The molecule has 0 aromatic carbocycles. The van der Waals surface area contributed by atoms with Crippen molar-refractivity contribution in [3.05, 3.63) is 0 Å². The number of carboxylic acids is 9. The van der Waals surface area contributed by atoms with Crippen molar-refractivity contribution in [1.82, 2.24) is 0 Å². The van der Waals surface area contributed by atoms with Crippen LogP contribution in [-0.4, -0.2) is 242 Å². The van der Waals surface area contributed by atoms with Crippen LogP contribution in [0.5, 0.6) is 0 Å². The molecular weight excluding hydrogens is 712 g/mol. The number of aliphatic hydroxyl groups is 3. The Morgan fingerprint density at radius 3 is 0.605 bits per heavy atom. The van der Waals surface area contributed by atoms with E-state index in [1.54, 1.807) is 0 Å². The molecule has 0 saturated carbocycles. The van der Waals surface area contributed by atoms with Crippen LogP contribution in [-0.2, 0) is 43.2 Å². The standard InChI is InChI=1S/3C6H8O7.4Ca/c3*7-3(8)1-6(13,5(11)12)2-4(9)10;;;;/h3*13H,1-2H2,(H,7,8)(H,9,10)(H,11,12);;;;/q;;;4*+2/p-8. The summed E-state index contributed by atoms with van der Waals surface area (Å²) in [5, 5.41) is 115. The van der Waals surface area contributed by atoms with Gasteiger partial charge in [-0.2, -0.15) is 0 Å². The van der Waals surface area contributed by atoms with Crippen LogP contribution < -0.4 is 40.9 Å². The van der Waals surface area contributed by atoms with Gasteiger partial charge in [-0.15, -0.1) is 0 Å². The molecule has 0 saturated heterocycles. The van der Waals surface area contributed by atoms with Gasteiger partial charge in [-0.3, -0.25) is 0 Å². The number of carboxylic acid groups (broad SMARTS) is 9. The van der Waals surface area contributed by atoms with Crippen molar-refractivity contribution in [1.29, 1.82) is 0 Å². The first kappa shape index (κ1) is 58.7. The van der Waals surface area contributed by atoms with Gasteiger partial charge in [0.1, 0.15) is 11.2 Å². The molecule has 0 aliphatic carbocycles. The molecule has 25 heteroatoms. The summed E-state index contributed by atoms with van der Waals surface area (Å²) in [5.74, 6) is -17.6. The van der Waals surface area contributed by atoms with Crippen molar-refractivity contribution in [2.75, 3.05) is 0 Å². The first-order chi connectivity index (χ1) is 17.3. The second-order valence-electron chi connectivity index (χ2n) is 7.27. The molecule has 222 valence electrons. The third-order valence-corrected chi connectivity index (χ3v) is 3.78. The van der Waals surface area contributed by atoms with E-state index in [4.69, 9.17) is 20.4 Å². The van der Waals surface area contributed by atoms with Gasteiger partial charge in [0.15, 0.2) is 5.60 Å². The smallest absolute Gasteiger partial charge is 0.550 e. The van der Waals surface area contributed by atoms with Gasteiger partial charge in [-0.1, -0.05) is 0 Å². The summed E-state index contributed by atoms with van der Waals surface area (Å²) in [6, 6.07) is 0. The predicted molar refractivity (Wildman–Crippen MR) is 113 cm³/mol. The predicted octanol–water partition coefficient (Wildman–Crippen LogP) is -15.9. The molecule has 0 aliphatic heterocycles. The van der Waals surface area contributed by atoms with Crippen LogP contribution in [0.3, 0.4) is 0 Å². The van der Waals surface area contributed by atoms with E-state index in [2.05, 4.69) is 0 Å². The van der Waals surface area contributed by atoms with Gasteiger partial charge in [0.25, 0.3) is 0 Å². The molecule has 0 aliphatic rings. The summed E-state index contributed by atoms with van der Waals surface area (Å²) >= 11 is 0. The Morgan fingerprint density at radius 2 is 0.512 bits per heavy atom. The quantitative estimate of drug-likeness (QED) is 0.114. The number of rotatable bonds is 15. The van der Waals surface area contributed by atoms with E-state index in [1.807, 2.05) is 0 Å². The molecule has 4 N–H and O–H groups in total. The fourth-order valence-corrected chi connectivity index (χ4v) is 2.06. The molecule has 0 heterocycles. The van der Waals surface area contributed by atoms with Crippen molar-refractivity contribution in [3.63, 3.8) is 0 Å². The van der Waals surface area contributed by atoms with Crippen molar-refractivity contribution in [2.24, 2.45) is 0 Å². The van der Waals surface area contributed by atoms with Gasteiger partial charge in [-0.25, -0.2) is 4.79 Å². The Kier molecular flexibility index (Phi) is 37.2. The van der Waals surface area contributed by atoms with E-state index in [9.17, 15) is 84.0 Å². The summed E-state index contributed by atoms with van der Waals surface area (Å²) < 4.78 is 0. The van der Waals surface area contributed by atoms with Crippen LogP contribution in [0.25, 0.3) is 0 Å². The molecule has 0 bridgehead atoms. The SMILES string of the molecule is O=C([O-])CC(O)(CC(=O)[O-])C(=O)O.O=C([O-])CC(O)(CC(=O)[O-])C(=O)[O-].O=C([O-])CC(O)(CC(=O)[O-])C(=O)[O-].[Ca+2].[Ca+2].[Ca+2].[Ca+2]. The minimum Gasteiger partial charge on any atom is -0.550 e. The molecule has 0 radical (unpaired) electrons. The van der Waals surface area contributed by atoms with Gasteiger partial charge < -0.3 is 99.6 Å². The molecule has 0 aromatic rings. The van der Waals surface area contributed by atoms with Gasteiger partial charge in [0.05, 0.1) is 11.9 Å². The second kappa shape index (κ2) is 27.3. The monoisotopic (exact) mass is 728 g/mol. The maximum absolute atomic E-state index is 10.3. The van der Waals surface area contributed by atoms with Crippen molar-refractivity contribution >= 4 is 205 Å². The Labute approximate surface area is 358 Å². The number of hydrogen-bond acceptors (Lipinski definition) is 20. The van der Waals surface area contributed by atoms with E-state index in [-0.39, 0.29) is 151 Å². The summed E-state index contributed by atoms with van der Waals surface area (Å²) in [5.41, 5.74) is -8.81. The fourth-order valence-electron chi connectivity index (χ4n) is 2.06. The number of hydrogen-bond donors (Lipinski definition) is 4. The molecule has 43 heavy (non-hydrogen) atoms. The minimum absolute atomic E-state index is 0. The number of carbonyl (C=O) groups is 9. The zero-order valence-electron chi connectivity index (χ0n) is 21.8. The zero-order chi connectivity index (χ0) is 31.9. The van der Waals surface area contributed by atoms with Crippen molar-refractivity contribution < 1.29 is 104 Å². The molecule has 0 rings (SSSR count). The number of aliphatic carboxylic acids is 9. The van der Waals surface area contributed by atoms with Crippen LogP contribution >= 0.6 is 0 Å². The molecule has 0 amide bonds. The summed E-state index contributed by atoms with van der Waals surface area (Å²) in [7, 11) is 0. The second-order valence-corrected chi connectivity index (χ2v) is 7.27. The van der Waals surface area contributed by atoms with E-state index in [0.717, 1.165) is 0 Å². The number of carbonyl (C=O) groups excluding carboxylic acids is 8. The molecule has 21 nitrogen and oxygen atoms in total. The van der Waals surface area contributed by atoms with Crippen LogP contribution in [0.2, 0.25) is 0 Å². The average molecular weight is 729 g/mol. The fraction of sp³-hybridized carbons (Fsp3) is 0.500. The van der Waals surface area contributed by atoms with Gasteiger partial charge >= 0.3 is 157 Å². The molecule has 0 spiro atoms. The maximum atomic E-state index is 10.3. The van der Waals surface area contributed by atoms with E-state index in [1.165, 1.54) is 0 Å². The minimum atomic E-state index is -2.97. The molecular formula is C18H16Ca4O21. The largest absolute Gasteiger partial charge is 2.00 e. The first-order valence-electron chi connectivity index (χ1n) is 9.36. The van der Waals surface area contributed by atoms with Gasteiger partial charge in [0, 0.05) is 74.3 Å². The maximum Gasteiger partial charge on any atom is 2.00 e. The Morgan fingerprint density at radius 1 is 0.372 bits per heavy atom. The van der Waals surface area contributed by atoms with Crippen LogP contribution in [0.1, 0.15) is 38.5 Å². The van der Waals surface area contributed by atoms with Gasteiger partial charge in [0.2, 0.25) is 0 Å². The molecule has 0 fully saturated rings. The average Bonchev–Trinajstić information content (AvgIpc) is 2.64. The van der Waals surface area contributed by atoms with E-state index >= 15 is 0 Å². The molecule has 0 aromatic heterocycles. The first-order valence-corrected chi connectivity index (χ1v) is 9.36. The third kappa shape index (κ3) is 29.3. The third-order valence-electron chi connectivity index (χ3n) is 3.78. The Hall–Kier alpha value is 0.149. The summed E-state index contributed by atoms with van der Waals surface area (Å²) in [4.78, 5) is 90.2. The normalized spacial score (nSPS) is 9.84. The van der Waals surface area contributed by atoms with Crippen LogP contribution in [0.4, 0.5) is 0 Å². The zero-order valence-corrected chi connectivity index (χ0v) is 30.6. The van der Waals surface area contributed by atoms with Gasteiger partial charge in [-0.05, 0) is 0 Å². The van der Waals surface area contributed by atoms with Crippen LogP contribution in [0.15, 0.2) is 0 Å².